The van der Waals surface area contributed by atoms with Crippen LogP contribution in [0.1, 0.15) is 33.6 Å². The topological polar surface area (TPSA) is 12.0 Å². The molecular weight excluding hydrogens is 122 g/mol. The molecule has 1 fully saturated rings. The molecule has 1 aliphatic rings. The highest BCUT2D eigenvalue weighted by Crippen LogP contribution is 2.21. The second-order valence-corrected chi connectivity index (χ2v) is 3.74. The SMILES string of the molecule is CC[C@@H]1NC[C@@H](C)C[C@H]1C. The van der Waals surface area contributed by atoms with Gasteiger partial charge in [0.25, 0.3) is 0 Å². The third kappa shape index (κ3) is 1.72. The van der Waals surface area contributed by atoms with Gasteiger partial charge in [-0.3, -0.25) is 0 Å². The van der Waals surface area contributed by atoms with Crippen molar-refractivity contribution in [2.24, 2.45) is 11.8 Å². The van der Waals surface area contributed by atoms with Crippen LogP contribution >= 0.6 is 0 Å². The first kappa shape index (κ1) is 8.06. The highest BCUT2D eigenvalue weighted by atomic mass is 14.9. The predicted molar refractivity (Wildman–Crippen MR) is 45.0 cm³/mol. The van der Waals surface area contributed by atoms with E-state index in [2.05, 4.69) is 26.1 Å². The van der Waals surface area contributed by atoms with Crippen molar-refractivity contribution < 1.29 is 0 Å². The maximum absolute atomic E-state index is 3.57. The van der Waals surface area contributed by atoms with Gasteiger partial charge in [-0.2, -0.15) is 0 Å². The van der Waals surface area contributed by atoms with E-state index >= 15 is 0 Å². The Morgan fingerprint density at radius 3 is 2.60 bits per heavy atom. The lowest BCUT2D eigenvalue weighted by Crippen LogP contribution is -2.43. The minimum absolute atomic E-state index is 0.788. The van der Waals surface area contributed by atoms with Crippen LogP contribution in [-0.4, -0.2) is 12.6 Å². The number of nitrogens with one attached hydrogen (secondary N) is 1. The molecule has 0 amide bonds. The second-order valence-electron chi connectivity index (χ2n) is 3.74. The van der Waals surface area contributed by atoms with Gasteiger partial charge in [-0.1, -0.05) is 20.8 Å². The third-order valence-electron chi connectivity index (χ3n) is 2.63. The average Bonchev–Trinajstić information content (AvgIpc) is 1.88. The summed E-state index contributed by atoms with van der Waals surface area (Å²) in [6, 6.07) is 0.788. The Balaban J connectivity index is 2.36. The molecule has 1 heteroatoms. The number of hydrogen-bond acceptors (Lipinski definition) is 1. The second kappa shape index (κ2) is 3.38. The van der Waals surface area contributed by atoms with Crippen molar-refractivity contribution in [3.63, 3.8) is 0 Å². The molecule has 60 valence electrons. The van der Waals surface area contributed by atoms with E-state index < -0.39 is 0 Å². The van der Waals surface area contributed by atoms with Gasteiger partial charge in [0.05, 0.1) is 0 Å². The quantitative estimate of drug-likeness (QED) is 0.589. The van der Waals surface area contributed by atoms with Crippen molar-refractivity contribution in [1.82, 2.24) is 5.32 Å². The van der Waals surface area contributed by atoms with Crippen molar-refractivity contribution in [2.45, 2.75) is 39.7 Å². The van der Waals surface area contributed by atoms with Gasteiger partial charge in [0, 0.05) is 6.04 Å². The van der Waals surface area contributed by atoms with E-state index in [1.807, 2.05) is 0 Å². The third-order valence-corrected chi connectivity index (χ3v) is 2.63. The van der Waals surface area contributed by atoms with Crippen LogP contribution in [0.3, 0.4) is 0 Å². The summed E-state index contributed by atoms with van der Waals surface area (Å²) in [5.74, 6) is 1.77. The minimum Gasteiger partial charge on any atom is -0.313 e. The summed E-state index contributed by atoms with van der Waals surface area (Å²) < 4.78 is 0. The average molecular weight is 141 g/mol. The van der Waals surface area contributed by atoms with Crippen molar-refractivity contribution in [3.05, 3.63) is 0 Å². The van der Waals surface area contributed by atoms with Crippen LogP contribution in [0.4, 0.5) is 0 Å². The highest BCUT2D eigenvalue weighted by molar-refractivity contribution is 4.79. The number of piperidine rings is 1. The molecule has 10 heavy (non-hydrogen) atoms. The first-order chi connectivity index (χ1) is 4.74. The van der Waals surface area contributed by atoms with Gasteiger partial charge in [-0.25, -0.2) is 0 Å². The van der Waals surface area contributed by atoms with Crippen molar-refractivity contribution >= 4 is 0 Å². The zero-order chi connectivity index (χ0) is 7.56. The molecule has 3 atom stereocenters. The Morgan fingerprint density at radius 2 is 2.10 bits per heavy atom. The van der Waals surface area contributed by atoms with Crippen LogP contribution in [0.2, 0.25) is 0 Å². The van der Waals surface area contributed by atoms with Gasteiger partial charge < -0.3 is 5.32 Å². The zero-order valence-corrected chi connectivity index (χ0v) is 7.35. The van der Waals surface area contributed by atoms with Gasteiger partial charge in [-0.15, -0.1) is 0 Å². The summed E-state index contributed by atoms with van der Waals surface area (Å²) >= 11 is 0. The van der Waals surface area contributed by atoms with E-state index in [0.717, 1.165) is 17.9 Å². The molecule has 1 rings (SSSR count). The summed E-state index contributed by atoms with van der Waals surface area (Å²) in [4.78, 5) is 0. The molecule has 0 saturated carbocycles. The van der Waals surface area contributed by atoms with E-state index in [-0.39, 0.29) is 0 Å². The van der Waals surface area contributed by atoms with Gasteiger partial charge in [-0.05, 0) is 31.2 Å². The van der Waals surface area contributed by atoms with Gasteiger partial charge in [0.1, 0.15) is 0 Å². The van der Waals surface area contributed by atoms with Gasteiger partial charge in [0.2, 0.25) is 0 Å². The van der Waals surface area contributed by atoms with E-state index in [1.54, 1.807) is 0 Å². The summed E-state index contributed by atoms with van der Waals surface area (Å²) in [5.41, 5.74) is 0. The van der Waals surface area contributed by atoms with Crippen LogP contribution in [-0.2, 0) is 0 Å². The van der Waals surface area contributed by atoms with Crippen molar-refractivity contribution in [2.75, 3.05) is 6.54 Å². The Morgan fingerprint density at radius 1 is 1.40 bits per heavy atom. The molecule has 0 aromatic heterocycles. The Bertz CT molecular complexity index is 101. The summed E-state index contributed by atoms with van der Waals surface area (Å²) in [5, 5.41) is 3.57. The van der Waals surface area contributed by atoms with Gasteiger partial charge in [0.15, 0.2) is 0 Å². The summed E-state index contributed by atoms with van der Waals surface area (Å²) in [7, 11) is 0. The fourth-order valence-corrected chi connectivity index (χ4v) is 1.98. The lowest BCUT2D eigenvalue weighted by atomic mass is 9.86. The van der Waals surface area contributed by atoms with Crippen LogP contribution in [0.5, 0.6) is 0 Å². The lowest BCUT2D eigenvalue weighted by Gasteiger charge is -2.33. The smallest absolute Gasteiger partial charge is 0.00902 e. The van der Waals surface area contributed by atoms with Crippen molar-refractivity contribution in [3.8, 4) is 0 Å². The molecule has 1 heterocycles. The van der Waals surface area contributed by atoms with Crippen LogP contribution in [0.25, 0.3) is 0 Å². The first-order valence-electron chi connectivity index (χ1n) is 4.47. The fraction of sp³-hybridized carbons (Fsp3) is 1.00. The molecule has 0 radical (unpaired) electrons. The van der Waals surface area contributed by atoms with E-state index in [4.69, 9.17) is 0 Å². The molecule has 1 N–H and O–H groups in total. The maximum Gasteiger partial charge on any atom is 0.00902 e. The molecule has 0 aromatic carbocycles. The molecular formula is C9H19N. The van der Waals surface area contributed by atoms with E-state index in [1.165, 1.54) is 19.4 Å². The minimum atomic E-state index is 0.788. The number of rotatable bonds is 1. The predicted octanol–water partition coefficient (Wildman–Crippen LogP) is 2.03. The Labute approximate surface area is 64.2 Å². The van der Waals surface area contributed by atoms with Crippen LogP contribution in [0.15, 0.2) is 0 Å². The first-order valence-corrected chi connectivity index (χ1v) is 4.47. The molecule has 0 aromatic rings. The monoisotopic (exact) mass is 141 g/mol. The molecule has 0 spiro atoms. The largest absolute Gasteiger partial charge is 0.313 e. The van der Waals surface area contributed by atoms with E-state index in [9.17, 15) is 0 Å². The molecule has 0 unspecified atom stereocenters. The standard InChI is InChI=1S/C9H19N/c1-4-9-8(3)5-7(2)6-10-9/h7-10H,4-6H2,1-3H3/t7-,8+,9-/m0/s1. The lowest BCUT2D eigenvalue weighted by molar-refractivity contribution is 0.239. The summed E-state index contributed by atoms with van der Waals surface area (Å²) in [6.45, 7) is 8.18. The fourth-order valence-electron chi connectivity index (χ4n) is 1.98. The maximum atomic E-state index is 3.57. The van der Waals surface area contributed by atoms with Crippen LogP contribution in [0, 0.1) is 11.8 Å². The molecule has 0 aliphatic carbocycles. The van der Waals surface area contributed by atoms with Gasteiger partial charge >= 0.3 is 0 Å². The van der Waals surface area contributed by atoms with E-state index in [0.29, 0.717) is 0 Å². The number of hydrogen-bond donors (Lipinski definition) is 1. The Kier molecular flexibility index (Phi) is 2.72. The van der Waals surface area contributed by atoms with Crippen molar-refractivity contribution in [1.29, 1.82) is 0 Å². The highest BCUT2D eigenvalue weighted by Gasteiger charge is 2.22. The molecule has 1 aliphatic heterocycles. The molecule has 0 bridgehead atoms. The Hall–Kier alpha value is -0.0400. The van der Waals surface area contributed by atoms with Crippen LogP contribution < -0.4 is 5.32 Å². The molecule has 1 nitrogen and oxygen atoms in total. The molecule has 1 saturated heterocycles. The summed E-state index contributed by atoms with van der Waals surface area (Å²) in [6.07, 6.45) is 2.69. The zero-order valence-electron chi connectivity index (χ0n) is 7.35. The normalized spacial score (nSPS) is 41.7.